The van der Waals surface area contributed by atoms with Gasteiger partial charge in [-0.05, 0) is 25.2 Å². The Labute approximate surface area is 121 Å². The molecule has 0 spiro atoms. The van der Waals surface area contributed by atoms with Gasteiger partial charge in [0.15, 0.2) is 0 Å². The fraction of sp³-hybridized carbons (Fsp3) is 0.867. The predicted molar refractivity (Wildman–Crippen MR) is 77.9 cm³/mol. The van der Waals surface area contributed by atoms with Gasteiger partial charge >= 0.3 is 0 Å². The summed E-state index contributed by atoms with van der Waals surface area (Å²) in [5, 5.41) is 0. The molecule has 1 heterocycles. The van der Waals surface area contributed by atoms with Crippen molar-refractivity contribution < 1.29 is 9.59 Å². The van der Waals surface area contributed by atoms with Crippen molar-refractivity contribution in [2.24, 2.45) is 17.6 Å². The summed E-state index contributed by atoms with van der Waals surface area (Å²) in [4.78, 5) is 28.2. The van der Waals surface area contributed by atoms with Crippen LogP contribution >= 0.6 is 0 Å². The smallest absolute Gasteiger partial charge is 0.225 e. The predicted octanol–water partition coefficient (Wildman–Crippen LogP) is 0.831. The van der Waals surface area contributed by atoms with Crippen LogP contribution in [-0.2, 0) is 9.59 Å². The van der Waals surface area contributed by atoms with E-state index >= 15 is 0 Å². The maximum absolute atomic E-state index is 12.4. The number of rotatable bonds is 3. The minimum atomic E-state index is 0.114. The SMILES string of the molecule is CC(C)CC(=O)N1CCN(C(=O)C2CCC(N)C2)CC1. The van der Waals surface area contributed by atoms with Gasteiger partial charge < -0.3 is 15.5 Å². The van der Waals surface area contributed by atoms with Crippen LogP contribution in [0.15, 0.2) is 0 Å². The van der Waals surface area contributed by atoms with E-state index in [1.807, 2.05) is 9.80 Å². The van der Waals surface area contributed by atoms with Crippen LogP contribution in [0.4, 0.5) is 0 Å². The van der Waals surface area contributed by atoms with Crippen LogP contribution in [0.5, 0.6) is 0 Å². The van der Waals surface area contributed by atoms with E-state index in [4.69, 9.17) is 5.73 Å². The Balaban J connectivity index is 1.79. The second-order valence-electron chi connectivity index (χ2n) is 6.57. The summed E-state index contributed by atoms with van der Waals surface area (Å²) in [6.45, 7) is 6.82. The number of nitrogens with zero attached hydrogens (tertiary/aromatic N) is 2. The van der Waals surface area contributed by atoms with Gasteiger partial charge in [-0.25, -0.2) is 0 Å². The van der Waals surface area contributed by atoms with Gasteiger partial charge in [-0.3, -0.25) is 9.59 Å². The molecule has 5 nitrogen and oxygen atoms in total. The van der Waals surface area contributed by atoms with Crippen LogP contribution < -0.4 is 5.73 Å². The molecule has 1 saturated carbocycles. The van der Waals surface area contributed by atoms with E-state index in [0.29, 0.717) is 38.5 Å². The molecule has 0 aromatic heterocycles. The van der Waals surface area contributed by atoms with Crippen LogP contribution in [0.2, 0.25) is 0 Å². The van der Waals surface area contributed by atoms with Crippen LogP contribution in [0.3, 0.4) is 0 Å². The molecule has 2 amide bonds. The molecular weight excluding hydrogens is 254 g/mol. The molecule has 2 N–H and O–H groups in total. The lowest BCUT2D eigenvalue weighted by atomic mass is 10.1. The molecule has 2 rings (SSSR count). The molecule has 2 unspecified atom stereocenters. The molecular formula is C15H27N3O2. The topological polar surface area (TPSA) is 66.6 Å². The third kappa shape index (κ3) is 3.72. The summed E-state index contributed by atoms with van der Waals surface area (Å²) in [5.41, 5.74) is 5.88. The second-order valence-corrected chi connectivity index (χ2v) is 6.57. The summed E-state index contributed by atoms with van der Waals surface area (Å²) in [6.07, 6.45) is 3.31. The van der Waals surface area contributed by atoms with Gasteiger partial charge in [-0.15, -0.1) is 0 Å². The van der Waals surface area contributed by atoms with Crippen molar-refractivity contribution >= 4 is 11.8 Å². The van der Waals surface area contributed by atoms with Crippen molar-refractivity contribution in [3.05, 3.63) is 0 Å². The molecule has 0 radical (unpaired) electrons. The van der Waals surface area contributed by atoms with Gasteiger partial charge in [0.1, 0.15) is 0 Å². The summed E-state index contributed by atoms with van der Waals surface area (Å²) >= 11 is 0. The van der Waals surface area contributed by atoms with E-state index in [2.05, 4.69) is 13.8 Å². The van der Waals surface area contributed by atoms with E-state index in [1.165, 1.54) is 0 Å². The van der Waals surface area contributed by atoms with Crippen molar-refractivity contribution in [1.29, 1.82) is 0 Å². The molecule has 2 fully saturated rings. The van der Waals surface area contributed by atoms with Crippen molar-refractivity contribution in [3.63, 3.8) is 0 Å². The number of hydrogen-bond acceptors (Lipinski definition) is 3. The normalized spacial score (nSPS) is 27.2. The molecule has 0 bridgehead atoms. The van der Waals surface area contributed by atoms with Gasteiger partial charge in [0.05, 0.1) is 0 Å². The Bertz CT molecular complexity index is 362. The van der Waals surface area contributed by atoms with Gasteiger partial charge in [-0.1, -0.05) is 13.8 Å². The minimum Gasteiger partial charge on any atom is -0.339 e. The van der Waals surface area contributed by atoms with Crippen LogP contribution in [0, 0.1) is 11.8 Å². The van der Waals surface area contributed by atoms with E-state index in [0.717, 1.165) is 19.3 Å². The molecule has 114 valence electrons. The number of hydrogen-bond donors (Lipinski definition) is 1. The quantitative estimate of drug-likeness (QED) is 0.833. The Kier molecular flexibility index (Phi) is 5.02. The molecule has 1 aliphatic heterocycles. The van der Waals surface area contributed by atoms with E-state index in [-0.39, 0.29) is 23.8 Å². The highest BCUT2D eigenvalue weighted by atomic mass is 16.2. The Hall–Kier alpha value is -1.10. The number of carbonyl (C=O) groups is 2. The molecule has 5 heteroatoms. The molecule has 1 saturated heterocycles. The Morgan fingerprint density at radius 2 is 1.70 bits per heavy atom. The Morgan fingerprint density at radius 1 is 1.10 bits per heavy atom. The lowest BCUT2D eigenvalue weighted by Crippen LogP contribution is -2.52. The number of amides is 2. The zero-order valence-corrected chi connectivity index (χ0v) is 12.7. The second kappa shape index (κ2) is 6.57. The maximum Gasteiger partial charge on any atom is 0.225 e. The average molecular weight is 281 g/mol. The lowest BCUT2D eigenvalue weighted by molar-refractivity contribution is -0.142. The number of piperazine rings is 1. The molecule has 20 heavy (non-hydrogen) atoms. The van der Waals surface area contributed by atoms with Crippen molar-refractivity contribution in [3.8, 4) is 0 Å². The van der Waals surface area contributed by atoms with Gasteiger partial charge in [0, 0.05) is 44.6 Å². The Morgan fingerprint density at radius 3 is 2.20 bits per heavy atom. The van der Waals surface area contributed by atoms with Crippen LogP contribution in [0.1, 0.15) is 39.5 Å². The fourth-order valence-corrected chi connectivity index (χ4v) is 3.15. The standard InChI is InChI=1S/C15H27N3O2/c1-11(2)9-14(19)17-5-7-18(8-6-17)15(20)12-3-4-13(16)10-12/h11-13H,3-10,16H2,1-2H3. The van der Waals surface area contributed by atoms with Crippen LogP contribution in [0.25, 0.3) is 0 Å². The first-order valence-electron chi connectivity index (χ1n) is 7.79. The first-order valence-corrected chi connectivity index (χ1v) is 7.79. The molecule has 2 atom stereocenters. The first-order chi connectivity index (χ1) is 9.47. The van der Waals surface area contributed by atoms with Gasteiger partial charge in [0.25, 0.3) is 0 Å². The molecule has 2 aliphatic rings. The highest BCUT2D eigenvalue weighted by Gasteiger charge is 2.33. The zero-order valence-electron chi connectivity index (χ0n) is 12.7. The number of nitrogens with two attached hydrogens (primary N) is 1. The van der Waals surface area contributed by atoms with Crippen molar-refractivity contribution in [1.82, 2.24) is 9.80 Å². The van der Waals surface area contributed by atoms with Crippen molar-refractivity contribution in [2.45, 2.75) is 45.6 Å². The van der Waals surface area contributed by atoms with Gasteiger partial charge in [0.2, 0.25) is 11.8 Å². The van der Waals surface area contributed by atoms with E-state index in [1.54, 1.807) is 0 Å². The summed E-state index contributed by atoms with van der Waals surface area (Å²) in [5.74, 6) is 0.967. The summed E-state index contributed by atoms with van der Waals surface area (Å²) in [7, 11) is 0. The van der Waals surface area contributed by atoms with E-state index < -0.39 is 0 Å². The zero-order chi connectivity index (χ0) is 14.7. The fourth-order valence-electron chi connectivity index (χ4n) is 3.15. The van der Waals surface area contributed by atoms with Crippen LogP contribution in [-0.4, -0.2) is 53.8 Å². The highest BCUT2D eigenvalue weighted by Crippen LogP contribution is 2.26. The maximum atomic E-state index is 12.4. The largest absolute Gasteiger partial charge is 0.339 e. The summed E-state index contributed by atoms with van der Waals surface area (Å²) in [6, 6.07) is 0.192. The molecule has 0 aromatic carbocycles. The minimum absolute atomic E-state index is 0.114. The highest BCUT2D eigenvalue weighted by molar-refractivity contribution is 5.80. The third-order valence-electron chi connectivity index (χ3n) is 4.35. The lowest BCUT2D eigenvalue weighted by Gasteiger charge is -2.36. The average Bonchev–Trinajstić information content (AvgIpc) is 2.84. The van der Waals surface area contributed by atoms with Gasteiger partial charge in [-0.2, -0.15) is 0 Å². The van der Waals surface area contributed by atoms with E-state index in [9.17, 15) is 9.59 Å². The monoisotopic (exact) mass is 281 g/mol. The molecule has 1 aliphatic carbocycles. The van der Waals surface area contributed by atoms with Crippen molar-refractivity contribution in [2.75, 3.05) is 26.2 Å². The third-order valence-corrected chi connectivity index (χ3v) is 4.35. The summed E-state index contributed by atoms with van der Waals surface area (Å²) < 4.78 is 0. The molecule has 0 aromatic rings. The first kappa shape index (κ1) is 15.3. The number of carbonyl (C=O) groups excluding carboxylic acids is 2.